The average molecular weight is 652 g/mol. The van der Waals surface area contributed by atoms with Crippen molar-refractivity contribution in [3.63, 3.8) is 0 Å². The van der Waals surface area contributed by atoms with Gasteiger partial charge in [-0.3, -0.25) is 5.04 Å². The first-order chi connectivity index (χ1) is 22.4. The molecule has 5 aromatic rings. The molecule has 0 unspecified atom stereocenters. The molecule has 0 spiro atoms. The molecule has 47 heavy (non-hydrogen) atoms. The van der Waals surface area contributed by atoms with E-state index in [9.17, 15) is 5.26 Å². The van der Waals surface area contributed by atoms with E-state index in [0.717, 1.165) is 46.8 Å². The van der Waals surface area contributed by atoms with E-state index in [0.29, 0.717) is 0 Å². The summed E-state index contributed by atoms with van der Waals surface area (Å²) in [6.45, 7) is 9.15. The molecule has 1 aliphatic rings. The van der Waals surface area contributed by atoms with Crippen LogP contribution in [-0.4, -0.2) is 17.3 Å². The largest absolute Gasteiger partial charge is 1.00 e. The molecule has 0 atom stereocenters. The van der Waals surface area contributed by atoms with Crippen LogP contribution in [0, 0.1) is 5.92 Å². The zero-order valence-electron chi connectivity index (χ0n) is 28.1. The van der Waals surface area contributed by atoms with Gasteiger partial charge in [-0.1, -0.05) is 76.2 Å². The molecule has 0 fully saturated rings. The molecule has 0 saturated carbocycles. The summed E-state index contributed by atoms with van der Waals surface area (Å²) in [6, 6.07) is 43.3. The Labute approximate surface area is 305 Å². The smallest absolute Gasteiger partial charge is 0.691 e. The summed E-state index contributed by atoms with van der Waals surface area (Å²) in [5.41, 5.74) is 12.3. The zero-order chi connectivity index (χ0) is 32.3. The third-order valence-corrected chi connectivity index (χ3v) is 10.0. The van der Waals surface area contributed by atoms with Crippen LogP contribution in [0.3, 0.4) is 0 Å². The Morgan fingerprint density at radius 2 is 1.30 bits per heavy atom. The van der Waals surface area contributed by atoms with Gasteiger partial charge in [-0.2, -0.15) is 8.91 Å². The summed E-state index contributed by atoms with van der Waals surface area (Å²) in [5.74, 6) is 0.285. The minimum absolute atomic E-state index is 0. The van der Waals surface area contributed by atoms with Gasteiger partial charge < -0.3 is 10.2 Å². The Bertz CT molecular complexity index is 1800. The number of hydrogen-bond donors (Lipinski definition) is 0. The summed E-state index contributed by atoms with van der Waals surface area (Å²) in [4.78, 5) is 3.15. The molecule has 5 aromatic carbocycles. The van der Waals surface area contributed by atoms with E-state index in [1.54, 1.807) is 0 Å². The van der Waals surface area contributed by atoms with Gasteiger partial charge in [0.05, 0.1) is 12.0 Å². The molecule has 234 valence electrons. The van der Waals surface area contributed by atoms with Crippen LogP contribution in [-0.2, 0) is 14.8 Å². The molecular weight excluding hydrogens is 612 g/mol. The van der Waals surface area contributed by atoms with Crippen molar-refractivity contribution in [1.82, 2.24) is 0 Å². The molecule has 0 radical (unpaired) electrons. The maximum atomic E-state index is 10.2. The van der Waals surface area contributed by atoms with E-state index in [2.05, 4.69) is 151 Å². The Morgan fingerprint density at radius 3 is 1.83 bits per heavy atom. The fourth-order valence-corrected chi connectivity index (χ4v) is 7.58. The fraction of sp³-hybridized carbons (Fsp3) is 0.225. The van der Waals surface area contributed by atoms with E-state index >= 15 is 0 Å². The number of benzene rings is 5. The van der Waals surface area contributed by atoms with Crippen molar-refractivity contribution in [2.45, 2.75) is 50.8 Å². The molecule has 0 aliphatic heterocycles. The normalized spacial score (nSPS) is 13.4. The molecule has 7 heteroatoms. The average Bonchev–Trinajstić information content (AvgIpc) is 3.37. The van der Waals surface area contributed by atoms with Crippen molar-refractivity contribution in [3.8, 4) is 11.1 Å². The molecule has 1 aliphatic carbocycles. The Balaban J connectivity index is 0.00000433. The van der Waals surface area contributed by atoms with E-state index in [4.69, 9.17) is 0 Å². The molecule has 0 amide bonds. The van der Waals surface area contributed by atoms with Crippen molar-refractivity contribution >= 4 is 40.5 Å². The van der Waals surface area contributed by atoms with Gasteiger partial charge >= 0.3 is 29.6 Å². The molecule has 0 N–H and O–H groups in total. The Kier molecular flexibility index (Phi) is 11.5. The first kappa shape index (κ1) is 35.1. The minimum Gasteiger partial charge on any atom is -0.691 e. The summed E-state index contributed by atoms with van der Waals surface area (Å²) in [6.07, 6.45) is 2.02. The number of nitrogens with zero attached hydrogens (tertiary/aromatic N) is 2. The van der Waals surface area contributed by atoms with Gasteiger partial charge in [0.25, 0.3) is 0 Å². The molecule has 0 aromatic heterocycles. The van der Waals surface area contributed by atoms with Crippen LogP contribution < -0.4 is 39.7 Å². The van der Waals surface area contributed by atoms with Crippen LogP contribution in [0.25, 0.3) is 11.1 Å². The molecule has 5 nitrogen and oxygen atoms in total. The topological polar surface area (TPSA) is 47.8 Å². The fourth-order valence-electron chi connectivity index (χ4n) is 7.23. The number of rotatable bonds is 11. The van der Waals surface area contributed by atoms with E-state index in [1.807, 2.05) is 24.3 Å². The molecular formula is C40H40N2NaO3S+. The van der Waals surface area contributed by atoms with Gasteiger partial charge in [0, 0.05) is 51.0 Å². The number of para-hydroxylation sites is 2. The second-order valence-electron chi connectivity index (χ2n) is 12.1. The Morgan fingerprint density at radius 1 is 0.745 bits per heavy atom. The monoisotopic (exact) mass is 651 g/mol. The van der Waals surface area contributed by atoms with Gasteiger partial charge in [-0.25, -0.2) is 0 Å². The quantitative estimate of drug-likeness (QED) is 0.0389. The maximum absolute atomic E-state index is 10.2. The number of fused-ring (bicyclic) bond motifs is 3. The van der Waals surface area contributed by atoms with Crippen molar-refractivity contribution in [2.24, 2.45) is 5.92 Å². The van der Waals surface area contributed by atoms with Gasteiger partial charge in [-0.05, 0) is 95.8 Å². The van der Waals surface area contributed by atoms with Crippen LogP contribution in [0.1, 0.15) is 57.2 Å². The predicted octanol–water partition coefficient (Wildman–Crippen LogP) is 6.90. The van der Waals surface area contributed by atoms with Gasteiger partial charge in [-0.15, -0.1) is 0 Å². The molecule has 0 bridgehead atoms. The van der Waals surface area contributed by atoms with Gasteiger partial charge in [0.15, 0.2) is 5.71 Å². The summed E-state index contributed by atoms with van der Waals surface area (Å²) < 4.78 is 6.76. The number of hydrogen-bond acceptors (Lipinski definition) is 5. The summed E-state index contributed by atoms with van der Waals surface area (Å²) in [5, 5.41) is 13.7. The van der Waals surface area contributed by atoms with Crippen molar-refractivity contribution in [2.75, 3.05) is 11.9 Å². The van der Waals surface area contributed by atoms with Crippen LogP contribution in [0.4, 0.5) is 22.7 Å². The van der Waals surface area contributed by atoms with E-state index in [-0.39, 0.29) is 40.9 Å². The predicted molar refractivity (Wildman–Crippen MR) is 187 cm³/mol. The third-order valence-electron chi connectivity index (χ3n) is 9.42. The second-order valence-corrected chi connectivity index (χ2v) is 12.9. The van der Waals surface area contributed by atoms with Gasteiger partial charge in [0.1, 0.15) is 7.05 Å². The zero-order valence-corrected chi connectivity index (χ0v) is 30.9. The second kappa shape index (κ2) is 15.3. The third kappa shape index (κ3) is 6.74. The van der Waals surface area contributed by atoms with E-state index < -0.39 is 0 Å². The van der Waals surface area contributed by atoms with Crippen molar-refractivity contribution in [3.05, 3.63) is 138 Å². The molecule has 0 heterocycles. The molecule has 6 rings (SSSR count). The SMILES string of the molecule is CCC1(CC)c2cc(C(C(C)C)=[N+](C)c3ccc(SOO[O-])cc3)ccc2-c2ccc(N(c3ccccc3)c3ccccc3)cc21.[Na+]. The summed E-state index contributed by atoms with van der Waals surface area (Å²) >= 11 is 0.901. The van der Waals surface area contributed by atoms with Crippen LogP contribution in [0.5, 0.6) is 0 Å². The molecule has 0 saturated heterocycles. The number of anilines is 3. The van der Waals surface area contributed by atoms with Crippen molar-refractivity contribution in [1.29, 1.82) is 0 Å². The minimum atomic E-state index is -0.0983. The van der Waals surface area contributed by atoms with Crippen molar-refractivity contribution < 1.29 is 48.8 Å². The first-order valence-corrected chi connectivity index (χ1v) is 16.7. The first-order valence-electron chi connectivity index (χ1n) is 16.0. The van der Waals surface area contributed by atoms with Crippen LogP contribution in [0.15, 0.2) is 126 Å². The maximum Gasteiger partial charge on any atom is 1.00 e. The van der Waals surface area contributed by atoms with Crippen LogP contribution >= 0.6 is 12.0 Å². The van der Waals surface area contributed by atoms with Gasteiger partial charge in [0.2, 0.25) is 5.69 Å². The Hall–Kier alpha value is -3.20. The van der Waals surface area contributed by atoms with E-state index in [1.165, 1.54) is 39.2 Å². The van der Waals surface area contributed by atoms with Crippen LogP contribution in [0.2, 0.25) is 0 Å². The summed E-state index contributed by atoms with van der Waals surface area (Å²) in [7, 11) is 2.12. The standard InChI is InChI=1S/C40H40N2O3S.Na/c1-6-40(7-2)37-26-29(39(28(3)4)41(5)30-19-22-34(23-20-30)46-45-44-43)18-24-35(37)36-25-21-33(27-38(36)40)42(31-14-10-8-11-15-31)32-16-12-9-13-17-32;/h8-28H,6-7H2,1-5H3;/q;+1.